The van der Waals surface area contributed by atoms with Crippen LogP contribution >= 0.6 is 0 Å². The highest BCUT2D eigenvalue weighted by Crippen LogP contribution is 2.67. The Bertz CT molecular complexity index is 860. The number of carbonyl (C=O) groups is 3. The van der Waals surface area contributed by atoms with Crippen molar-refractivity contribution >= 4 is 17.7 Å². The van der Waals surface area contributed by atoms with Gasteiger partial charge in [-0.2, -0.15) is 0 Å². The molecule has 0 amide bonds. The zero-order chi connectivity index (χ0) is 22.6. The second kappa shape index (κ2) is 7.55. The van der Waals surface area contributed by atoms with Crippen LogP contribution in [0.25, 0.3) is 0 Å². The number of hydrogen-bond acceptors (Lipinski definition) is 7. The van der Waals surface area contributed by atoms with Crippen molar-refractivity contribution in [2.45, 2.75) is 64.6 Å². The fourth-order valence-electron chi connectivity index (χ4n) is 7.19. The van der Waals surface area contributed by atoms with Crippen molar-refractivity contribution in [3.63, 3.8) is 0 Å². The maximum atomic E-state index is 13.0. The van der Waals surface area contributed by atoms with Crippen molar-refractivity contribution in [2.75, 3.05) is 13.2 Å². The smallest absolute Gasteiger partial charge is 0.435 e. The molecule has 0 bridgehead atoms. The van der Waals surface area contributed by atoms with E-state index in [0.717, 1.165) is 18.4 Å². The van der Waals surface area contributed by atoms with Gasteiger partial charge in [-0.15, -0.1) is 0 Å². The molecule has 0 heterocycles. The SMILES string of the molecule is CCOC(=O)OCC(=O)[C@]1(O)CC[C@@H]2[C@H]3CCC4=CC(=O)C=C[C@@]4(C)C3[C@H](O)C[C@]21C. The third-order valence-electron chi connectivity index (χ3n) is 8.69. The van der Waals surface area contributed by atoms with Gasteiger partial charge in [-0.3, -0.25) is 9.59 Å². The van der Waals surface area contributed by atoms with Gasteiger partial charge in [0.05, 0.1) is 12.7 Å². The lowest BCUT2D eigenvalue weighted by molar-refractivity contribution is -0.178. The maximum Gasteiger partial charge on any atom is 0.508 e. The van der Waals surface area contributed by atoms with Crippen LogP contribution in [-0.4, -0.2) is 52.9 Å². The third kappa shape index (κ3) is 3.20. The van der Waals surface area contributed by atoms with E-state index in [9.17, 15) is 24.6 Å². The van der Waals surface area contributed by atoms with Gasteiger partial charge >= 0.3 is 6.16 Å². The zero-order valence-corrected chi connectivity index (χ0v) is 18.4. The van der Waals surface area contributed by atoms with Gasteiger partial charge in [0, 0.05) is 16.7 Å². The largest absolute Gasteiger partial charge is 0.508 e. The Kier molecular flexibility index (Phi) is 5.41. The fourth-order valence-corrected chi connectivity index (χ4v) is 7.19. The number of aliphatic hydroxyl groups is 2. The van der Waals surface area contributed by atoms with Crippen molar-refractivity contribution in [1.82, 2.24) is 0 Å². The molecule has 4 rings (SSSR count). The molecule has 0 aromatic rings. The quantitative estimate of drug-likeness (QED) is 0.657. The summed E-state index contributed by atoms with van der Waals surface area (Å²) in [7, 11) is 0. The minimum Gasteiger partial charge on any atom is -0.435 e. The monoisotopic (exact) mass is 432 g/mol. The molecule has 170 valence electrons. The standard InChI is InChI=1S/C24H32O7/c1-4-30-21(28)31-13-19(27)24(29)10-8-17-16-6-5-14-11-15(25)7-9-22(14,2)20(16)18(26)12-23(17,24)3/h7,9,11,16-18,20,26,29H,4-6,8,10,12-13H2,1-3H3/t16-,17-,18-,20?,22-,23-,24-/m1/s1. The highest BCUT2D eigenvalue weighted by molar-refractivity contribution is 6.01. The highest BCUT2D eigenvalue weighted by atomic mass is 16.7. The number of allylic oxidation sites excluding steroid dienone is 4. The van der Waals surface area contributed by atoms with Gasteiger partial charge in [0.25, 0.3) is 0 Å². The van der Waals surface area contributed by atoms with E-state index in [0.29, 0.717) is 6.42 Å². The Morgan fingerprint density at radius 3 is 2.68 bits per heavy atom. The second-order valence-electron chi connectivity index (χ2n) is 10.0. The van der Waals surface area contributed by atoms with Crippen LogP contribution in [-0.2, 0) is 19.1 Å². The molecule has 4 aliphatic rings. The molecule has 0 aromatic heterocycles. The van der Waals surface area contributed by atoms with E-state index >= 15 is 0 Å². The summed E-state index contributed by atoms with van der Waals surface area (Å²) < 4.78 is 9.60. The van der Waals surface area contributed by atoms with Crippen LogP contribution in [0.3, 0.4) is 0 Å². The van der Waals surface area contributed by atoms with Crippen LogP contribution in [0.2, 0.25) is 0 Å². The highest BCUT2D eigenvalue weighted by Gasteiger charge is 2.68. The van der Waals surface area contributed by atoms with Crippen LogP contribution in [0.1, 0.15) is 52.9 Å². The van der Waals surface area contributed by atoms with Gasteiger partial charge in [-0.05, 0) is 63.0 Å². The number of hydrogen-bond donors (Lipinski definition) is 2. The Hall–Kier alpha value is -1.99. The lowest BCUT2D eigenvalue weighted by Gasteiger charge is -2.59. The first-order valence-corrected chi connectivity index (χ1v) is 11.2. The molecule has 31 heavy (non-hydrogen) atoms. The van der Waals surface area contributed by atoms with Crippen LogP contribution < -0.4 is 0 Å². The summed E-state index contributed by atoms with van der Waals surface area (Å²) in [5.74, 6) is -0.433. The Morgan fingerprint density at radius 2 is 1.97 bits per heavy atom. The molecule has 3 saturated carbocycles. The van der Waals surface area contributed by atoms with Gasteiger partial charge in [-0.1, -0.05) is 25.5 Å². The number of ketones is 2. The van der Waals surface area contributed by atoms with Crippen molar-refractivity contribution in [3.05, 3.63) is 23.8 Å². The molecule has 7 nitrogen and oxygen atoms in total. The van der Waals surface area contributed by atoms with Crippen LogP contribution in [0.4, 0.5) is 4.79 Å². The predicted molar refractivity (Wildman–Crippen MR) is 111 cm³/mol. The summed E-state index contributed by atoms with van der Waals surface area (Å²) in [5.41, 5.74) is -1.80. The molecule has 0 spiro atoms. The number of aliphatic hydroxyl groups excluding tert-OH is 1. The third-order valence-corrected chi connectivity index (χ3v) is 8.69. The summed E-state index contributed by atoms with van der Waals surface area (Å²) in [5, 5.41) is 22.8. The van der Waals surface area contributed by atoms with E-state index in [1.165, 1.54) is 0 Å². The van der Waals surface area contributed by atoms with Crippen molar-refractivity contribution in [2.24, 2.45) is 28.6 Å². The molecule has 7 atom stereocenters. The maximum absolute atomic E-state index is 13.0. The van der Waals surface area contributed by atoms with Crippen molar-refractivity contribution in [3.8, 4) is 0 Å². The van der Waals surface area contributed by atoms with Crippen LogP contribution in [0.5, 0.6) is 0 Å². The Labute approximate surface area is 182 Å². The summed E-state index contributed by atoms with van der Waals surface area (Å²) in [6.45, 7) is 5.21. The molecule has 0 aliphatic heterocycles. The number of fused-ring (bicyclic) bond motifs is 5. The minimum absolute atomic E-state index is 0.0106. The number of Topliss-reactive ketones (excluding diaryl/α,β-unsaturated/α-hetero) is 1. The van der Waals surface area contributed by atoms with Gasteiger partial charge < -0.3 is 19.7 Å². The van der Waals surface area contributed by atoms with E-state index in [4.69, 9.17) is 9.47 Å². The molecular weight excluding hydrogens is 400 g/mol. The molecular formula is C24H32O7. The number of rotatable bonds is 4. The molecule has 0 saturated heterocycles. The lowest BCUT2D eigenvalue weighted by Crippen LogP contribution is -2.61. The molecule has 2 N–H and O–H groups in total. The number of ether oxygens (including phenoxy) is 2. The first kappa shape index (κ1) is 22.2. The van der Waals surface area contributed by atoms with Crippen LogP contribution in [0.15, 0.2) is 23.8 Å². The van der Waals surface area contributed by atoms with Crippen molar-refractivity contribution in [1.29, 1.82) is 0 Å². The van der Waals surface area contributed by atoms with Gasteiger partial charge in [0.2, 0.25) is 5.78 Å². The first-order valence-electron chi connectivity index (χ1n) is 11.2. The molecule has 1 unspecified atom stereocenters. The minimum atomic E-state index is -1.66. The zero-order valence-electron chi connectivity index (χ0n) is 18.4. The fraction of sp³-hybridized carbons (Fsp3) is 0.708. The van der Waals surface area contributed by atoms with Gasteiger partial charge in [0.15, 0.2) is 12.4 Å². The molecule has 3 fully saturated rings. The van der Waals surface area contributed by atoms with Crippen LogP contribution in [0, 0.1) is 28.6 Å². The lowest BCUT2D eigenvalue weighted by atomic mass is 9.46. The summed E-state index contributed by atoms with van der Waals surface area (Å²) in [6, 6.07) is 0. The molecule has 7 heteroatoms. The first-order chi connectivity index (χ1) is 14.6. The topological polar surface area (TPSA) is 110 Å². The Morgan fingerprint density at radius 1 is 1.23 bits per heavy atom. The number of carbonyl (C=O) groups excluding carboxylic acids is 3. The van der Waals surface area contributed by atoms with E-state index in [1.807, 2.05) is 13.0 Å². The summed E-state index contributed by atoms with van der Waals surface area (Å²) in [6.07, 6.45) is 6.40. The van der Waals surface area contributed by atoms with Crippen molar-refractivity contribution < 1.29 is 34.1 Å². The van der Waals surface area contributed by atoms with E-state index in [2.05, 4.69) is 6.92 Å². The van der Waals surface area contributed by atoms with E-state index in [-0.39, 0.29) is 43.0 Å². The average molecular weight is 433 g/mol. The van der Waals surface area contributed by atoms with Gasteiger partial charge in [0.1, 0.15) is 5.60 Å². The Balaban J connectivity index is 1.60. The second-order valence-corrected chi connectivity index (χ2v) is 10.0. The van der Waals surface area contributed by atoms with E-state index < -0.39 is 41.1 Å². The molecule has 4 aliphatic carbocycles. The summed E-state index contributed by atoms with van der Waals surface area (Å²) in [4.78, 5) is 36.4. The summed E-state index contributed by atoms with van der Waals surface area (Å²) >= 11 is 0. The van der Waals surface area contributed by atoms with E-state index in [1.54, 1.807) is 19.1 Å². The normalized spacial score (nSPS) is 43.4. The molecule has 0 radical (unpaired) electrons. The average Bonchev–Trinajstić information content (AvgIpc) is 2.98. The van der Waals surface area contributed by atoms with Gasteiger partial charge in [-0.25, -0.2) is 4.79 Å². The predicted octanol–water partition coefficient (Wildman–Crippen LogP) is 2.74. The molecule has 0 aromatic carbocycles.